The van der Waals surface area contributed by atoms with Crippen molar-refractivity contribution in [3.05, 3.63) is 22.7 Å². The molecule has 1 aromatic heterocycles. The van der Waals surface area contributed by atoms with Crippen LogP contribution in [0.2, 0.25) is 0 Å². The van der Waals surface area contributed by atoms with E-state index in [4.69, 9.17) is 0 Å². The van der Waals surface area contributed by atoms with Crippen molar-refractivity contribution in [1.29, 1.82) is 0 Å². The van der Waals surface area contributed by atoms with E-state index in [2.05, 4.69) is 10.3 Å². The van der Waals surface area contributed by atoms with Gasteiger partial charge in [0.15, 0.2) is 0 Å². The molecule has 0 radical (unpaired) electrons. The number of nitrogens with zero attached hydrogens (tertiary/aromatic N) is 2. The monoisotopic (exact) mass is 167 g/mol. The van der Waals surface area contributed by atoms with Gasteiger partial charge in [0.1, 0.15) is 5.82 Å². The number of rotatable bonds is 1. The first-order valence-electron chi connectivity index (χ1n) is 3.40. The molecule has 5 nitrogen and oxygen atoms in total. The maximum absolute atomic E-state index is 11.0. The van der Waals surface area contributed by atoms with Gasteiger partial charge in [0.05, 0.1) is 6.33 Å². The van der Waals surface area contributed by atoms with Gasteiger partial charge in [-0.2, -0.15) is 0 Å². The SMILES string of the molecule is CC(=O)Nc1cc(=O)n(C)cn1. The summed E-state index contributed by atoms with van der Waals surface area (Å²) >= 11 is 0. The van der Waals surface area contributed by atoms with Crippen LogP contribution in [0.1, 0.15) is 6.92 Å². The van der Waals surface area contributed by atoms with E-state index in [0.717, 1.165) is 0 Å². The summed E-state index contributed by atoms with van der Waals surface area (Å²) in [5.41, 5.74) is -0.200. The summed E-state index contributed by atoms with van der Waals surface area (Å²) in [6.45, 7) is 1.36. The van der Waals surface area contributed by atoms with E-state index >= 15 is 0 Å². The number of carbonyl (C=O) groups is 1. The average Bonchev–Trinajstić information content (AvgIpc) is 1.96. The van der Waals surface area contributed by atoms with Gasteiger partial charge in [-0.3, -0.25) is 9.59 Å². The fourth-order valence-electron chi connectivity index (χ4n) is 0.710. The van der Waals surface area contributed by atoms with Crippen LogP contribution in [0, 0.1) is 0 Å². The van der Waals surface area contributed by atoms with Crippen LogP contribution in [-0.4, -0.2) is 15.5 Å². The van der Waals surface area contributed by atoms with Crippen LogP contribution in [0.4, 0.5) is 5.82 Å². The number of anilines is 1. The minimum Gasteiger partial charge on any atom is -0.311 e. The van der Waals surface area contributed by atoms with E-state index in [9.17, 15) is 9.59 Å². The molecule has 0 aromatic carbocycles. The average molecular weight is 167 g/mol. The Morgan fingerprint density at radius 3 is 2.83 bits per heavy atom. The van der Waals surface area contributed by atoms with Crippen molar-refractivity contribution in [1.82, 2.24) is 9.55 Å². The summed E-state index contributed by atoms with van der Waals surface area (Å²) in [6.07, 6.45) is 1.35. The van der Waals surface area contributed by atoms with Crippen LogP contribution in [0.15, 0.2) is 17.2 Å². The Morgan fingerprint density at radius 2 is 2.33 bits per heavy atom. The normalized spacial score (nSPS) is 9.50. The number of amides is 1. The molecule has 1 N–H and O–H groups in total. The highest BCUT2D eigenvalue weighted by atomic mass is 16.1. The summed E-state index contributed by atoms with van der Waals surface area (Å²) in [6, 6.07) is 1.27. The Labute approximate surface area is 69.0 Å². The molecule has 0 unspecified atom stereocenters. The predicted molar refractivity (Wildman–Crippen MR) is 43.8 cm³/mol. The third-order valence-electron chi connectivity index (χ3n) is 1.28. The van der Waals surface area contributed by atoms with Crippen LogP contribution < -0.4 is 10.9 Å². The van der Waals surface area contributed by atoms with Gasteiger partial charge in [0.25, 0.3) is 5.56 Å². The van der Waals surface area contributed by atoms with Gasteiger partial charge in [-0.05, 0) is 0 Å². The van der Waals surface area contributed by atoms with Crippen molar-refractivity contribution >= 4 is 11.7 Å². The van der Waals surface area contributed by atoms with Crippen molar-refractivity contribution < 1.29 is 4.79 Å². The second kappa shape index (κ2) is 3.17. The number of hydrogen-bond acceptors (Lipinski definition) is 3. The van der Waals surface area contributed by atoms with E-state index in [1.807, 2.05) is 0 Å². The maximum atomic E-state index is 11.0. The van der Waals surface area contributed by atoms with Crippen molar-refractivity contribution in [2.24, 2.45) is 7.05 Å². The molecule has 0 aliphatic rings. The van der Waals surface area contributed by atoms with Gasteiger partial charge in [0, 0.05) is 20.0 Å². The third kappa shape index (κ3) is 1.91. The highest BCUT2D eigenvalue weighted by Crippen LogP contribution is 1.94. The highest BCUT2D eigenvalue weighted by Gasteiger charge is 1.97. The Kier molecular flexibility index (Phi) is 2.23. The summed E-state index contributed by atoms with van der Waals surface area (Å²) in [5.74, 6) is 0.0429. The van der Waals surface area contributed by atoms with E-state index in [1.165, 1.54) is 23.9 Å². The molecule has 5 heteroatoms. The fourth-order valence-corrected chi connectivity index (χ4v) is 0.710. The van der Waals surface area contributed by atoms with E-state index in [1.54, 1.807) is 7.05 Å². The van der Waals surface area contributed by atoms with Crippen LogP contribution in [-0.2, 0) is 11.8 Å². The van der Waals surface area contributed by atoms with Gasteiger partial charge in [-0.15, -0.1) is 0 Å². The Balaban J connectivity index is 2.97. The molecule has 1 amide bonds. The summed E-state index contributed by atoms with van der Waals surface area (Å²) < 4.78 is 1.32. The molecule has 0 bridgehead atoms. The van der Waals surface area contributed by atoms with Crippen LogP contribution in [0.5, 0.6) is 0 Å². The van der Waals surface area contributed by atoms with Crippen LogP contribution in [0.3, 0.4) is 0 Å². The van der Waals surface area contributed by atoms with Gasteiger partial charge in [-0.25, -0.2) is 4.98 Å². The van der Waals surface area contributed by atoms with Crippen LogP contribution in [0.25, 0.3) is 0 Å². The quantitative estimate of drug-likeness (QED) is 0.626. The molecule has 1 rings (SSSR count). The molecular weight excluding hydrogens is 158 g/mol. The first-order chi connectivity index (χ1) is 5.59. The van der Waals surface area contributed by atoms with Gasteiger partial charge in [0.2, 0.25) is 5.91 Å². The Bertz CT molecular complexity index is 356. The lowest BCUT2D eigenvalue weighted by atomic mass is 10.5. The smallest absolute Gasteiger partial charge is 0.255 e. The minimum atomic E-state index is -0.240. The van der Waals surface area contributed by atoms with Crippen molar-refractivity contribution in [3.63, 3.8) is 0 Å². The molecule has 0 spiro atoms. The van der Waals surface area contributed by atoms with Crippen molar-refractivity contribution in [2.45, 2.75) is 6.92 Å². The van der Waals surface area contributed by atoms with Gasteiger partial charge >= 0.3 is 0 Å². The number of carbonyl (C=O) groups excluding carboxylic acids is 1. The zero-order valence-corrected chi connectivity index (χ0v) is 6.87. The molecule has 1 heterocycles. The van der Waals surface area contributed by atoms with E-state index in [0.29, 0.717) is 0 Å². The molecule has 0 saturated carbocycles. The van der Waals surface area contributed by atoms with E-state index < -0.39 is 0 Å². The first kappa shape index (κ1) is 8.45. The lowest BCUT2D eigenvalue weighted by Gasteiger charge is -2.00. The molecule has 64 valence electrons. The molecule has 1 aromatic rings. The highest BCUT2D eigenvalue weighted by molar-refractivity contribution is 5.87. The Hall–Kier alpha value is -1.65. The predicted octanol–water partition coefficient (Wildman–Crippen LogP) is -0.261. The number of hydrogen-bond donors (Lipinski definition) is 1. The maximum Gasteiger partial charge on any atom is 0.255 e. The van der Waals surface area contributed by atoms with Gasteiger partial charge in [-0.1, -0.05) is 0 Å². The molecule has 12 heavy (non-hydrogen) atoms. The summed E-state index contributed by atoms with van der Waals surface area (Å²) in [4.78, 5) is 25.4. The minimum absolute atomic E-state index is 0.200. The molecule has 0 fully saturated rings. The molecule has 0 atom stereocenters. The number of nitrogens with one attached hydrogen (secondary N) is 1. The van der Waals surface area contributed by atoms with Crippen molar-refractivity contribution in [2.75, 3.05) is 5.32 Å². The molecule has 0 aliphatic carbocycles. The number of aryl methyl sites for hydroxylation is 1. The van der Waals surface area contributed by atoms with Crippen LogP contribution >= 0.6 is 0 Å². The Morgan fingerprint density at radius 1 is 1.67 bits per heavy atom. The summed E-state index contributed by atoms with van der Waals surface area (Å²) in [5, 5.41) is 2.41. The largest absolute Gasteiger partial charge is 0.311 e. The molecule has 0 saturated heterocycles. The zero-order valence-electron chi connectivity index (χ0n) is 6.87. The first-order valence-corrected chi connectivity index (χ1v) is 3.40. The summed E-state index contributed by atoms with van der Waals surface area (Å²) in [7, 11) is 1.59. The van der Waals surface area contributed by atoms with Gasteiger partial charge < -0.3 is 9.88 Å². The second-order valence-corrected chi connectivity index (χ2v) is 2.40. The standard InChI is InChI=1S/C7H9N3O2/c1-5(11)9-6-3-7(12)10(2)4-8-6/h3-4H,1-2H3,(H,9,11). The molecule has 0 aliphatic heterocycles. The third-order valence-corrected chi connectivity index (χ3v) is 1.28. The lowest BCUT2D eigenvalue weighted by molar-refractivity contribution is -0.114. The topological polar surface area (TPSA) is 64.0 Å². The number of aromatic nitrogens is 2. The van der Waals surface area contributed by atoms with Crippen molar-refractivity contribution in [3.8, 4) is 0 Å². The molecular formula is C7H9N3O2. The zero-order chi connectivity index (χ0) is 9.14. The van der Waals surface area contributed by atoms with E-state index in [-0.39, 0.29) is 17.3 Å². The lowest BCUT2D eigenvalue weighted by Crippen LogP contribution is -2.18. The second-order valence-electron chi connectivity index (χ2n) is 2.40. The fraction of sp³-hybridized carbons (Fsp3) is 0.286.